The summed E-state index contributed by atoms with van der Waals surface area (Å²) in [5.74, 6) is 0.308. The second kappa shape index (κ2) is 7.14. The highest BCUT2D eigenvalue weighted by molar-refractivity contribution is 6.00. The molecule has 1 saturated heterocycles. The van der Waals surface area contributed by atoms with Crippen molar-refractivity contribution in [3.05, 3.63) is 53.8 Å². The van der Waals surface area contributed by atoms with Crippen LogP contribution in [0.25, 0.3) is 0 Å². The van der Waals surface area contributed by atoms with E-state index in [0.717, 1.165) is 5.56 Å². The molecule has 0 bridgehead atoms. The van der Waals surface area contributed by atoms with E-state index >= 15 is 0 Å². The molecule has 2 aromatic rings. The number of carbonyl (C=O) groups excluding carboxylic acids is 2. The first kappa shape index (κ1) is 18.3. The van der Waals surface area contributed by atoms with E-state index < -0.39 is 5.92 Å². The lowest BCUT2D eigenvalue weighted by Gasteiger charge is -2.28. The number of nitrogens with zero attached hydrogens (tertiary/aromatic N) is 2. The van der Waals surface area contributed by atoms with Gasteiger partial charge in [-0.15, -0.1) is 0 Å². The Hall–Kier alpha value is -3.09. The first-order chi connectivity index (χ1) is 13.4. The second-order valence-electron chi connectivity index (χ2n) is 7.12. The molecule has 2 aliphatic heterocycles. The first-order valence-electron chi connectivity index (χ1n) is 9.16. The number of halogens is 1. The molecule has 2 heterocycles. The molecule has 7 heteroatoms. The van der Waals surface area contributed by atoms with Gasteiger partial charge in [0.05, 0.1) is 12.0 Å². The normalized spacial score (nSPS) is 19.0. The van der Waals surface area contributed by atoms with Gasteiger partial charge in [0.15, 0.2) is 11.5 Å². The number of hydrogen-bond acceptors (Lipinski definition) is 4. The largest absolute Gasteiger partial charge is 0.454 e. The quantitative estimate of drug-likeness (QED) is 0.813. The van der Waals surface area contributed by atoms with E-state index in [2.05, 4.69) is 0 Å². The Balaban J connectivity index is 1.47. The third-order valence-electron chi connectivity index (χ3n) is 5.42. The summed E-state index contributed by atoms with van der Waals surface area (Å²) in [4.78, 5) is 28.7. The highest BCUT2D eigenvalue weighted by Gasteiger charge is 2.38. The average Bonchev–Trinajstić information content (AvgIpc) is 3.32. The second-order valence-corrected chi connectivity index (χ2v) is 7.12. The Morgan fingerprint density at radius 3 is 2.64 bits per heavy atom. The van der Waals surface area contributed by atoms with Gasteiger partial charge in [-0.2, -0.15) is 0 Å². The van der Waals surface area contributed by atoms with Gasteiger partial charge >= 0.3 is 0 Å². The van der Waals surface area contributed by atoms with Gasteiger partial charge < -0.3 is 19.3 Å². The van der Waals surface area contributed by atoms with Crippen molar-refractivity contribution < 1.29 is 23.5 Å². The van der Waals surface area contributed by atoms with E-state index in [1.165, 1.54) is 12.1 Å². The van der Waals surface area contributed by atoms with Crippen molar-refractivity contribution in [1.29, 1.82) is 0 Å². The Bertz CT molecular complexity index is 915. The maximum Gasteiger partial charge on any atom is 0.231 e. The monoisotopic (exact) mass is 384 g/mol. The fraction of sp³-hybridized carbons (Fsp3) is 0.333. The molecular formula is C21H21FN2O4. The molecule has 28 heavy (non-hydrogen) atoms. The van der Waals surface area contributed by atoms with E-state index in [0.29, 0.717) is 23.7 Å². The molecule has 2 atom stereocenters. The summed E-state index contributed by atoms with van der Waals surface area (Å²) < 4.78 is 23.8. The molecule has 0 aliphatic carbocycles. The van der Waals surface area contributed by atoms with Crippen molar-refractivity contribution in [1.82, 2.24) is 4.90 Å². The van der Waals surface area contributed by atoms with E-state index in [1.807, 2.05) is 6.92 Å². The van der Waals surface area contributed by atoms with E-state index in [4.69, 9.17) is 9.47 Å². The Morgan fingerprint density at radius 1 is 1.18 bits per heavy atom. The standard InChI is InChI=1S/C21H21FN2O4/c1-13(14-3-5-16(22)6-4-14)23(2)21(26)15-9-20(25)24(11-15)17-7-8-18-19(10-17)28-12-27-18/h3-8,10,13,15H,9,11-12H2,1-2H3. The summed E-state index contributed by atoms with van der Waals surface area (Å²) >= 11 is 0. The van der Waals surface area contributed by atoms with Crippen LogP contribution in [0.5, 0.6) is 11.5 Å². The van der Waals surface area contributed by atoms with Gasteiger partial charge in [0, 0.05) is 31.8 Å². The summed E-state index contributed by atoms with van der Waals surface area (Å²) in [6.07, 6.45) is 0.160. The van der Waals surface area contributed by atoms with Gasteiger partial charge in [-0.05, 0) is 36.8 Å². The van der Waals surface area contributed by atoms with Crippen LogP contribution in [0.2, 0.25) is 0 Å². The molecule has 0 spiro atoms. The van der Waals surface area contributed by atoms with Crippen molar-refractivity contribution in [2.75, 3.05) is 25.3 Å². The molecule has 0 N–H and O–H groups in total. The molecule has 6 nitrogen and oxygen atoms in total. The minimum absolute atomic E-state index is 0.0972. The lowest BCUT2D eigenvalue weighted by atomic mass is 10.0. The number of ether oxygens (including phenoxy) is 2. The third kappa shape index (κ3) is 3.28. The van der Waals surface area contributed by atoms with Gasteiger partial charge in [0.2, 0.25) is 18.6 Å². The Kier molecular flexibility index (Phi) is 4.66. The summed E-state index contributed by atoms with van der Waals surface area (Å²) in [5.41, 5.74) is 1.54. The lowest BCUT2D eigenvalue weighted by molar-refractivity contribution is -0.136. The lowest BCUT2D eigenvalue weighted by Crippen LogP contribution is -2.36. The van der Waals surface area contributed by atoms with Crippen molar-refractivity contribution in [2.45, 2.75) is 19.4 Å². The maximum atomic E-state index is 13.1. The summed E-state index contributed by atoms with van der Waals surface area (Å²) in [6, 6.07) is 11.2. The summed E-state index contributed by atoms with van der Waals surface area (Å²) in [7, 11) is 1.71. The predicted molar refractivity (Wildman–Crippen MR) is 101 cm³/mol. The topological polar surface area (TPSA) is 59.1 Å². The van der Waals surface area contributed by atoms with Crippen LogP contribution < -0.4 is 14.4 Å². The smallest absolute Gasteiger partial charge is 0.231 e. The molecule has 1 fully saturated rings. The van der Waals surface area contributed by atoms with Crippen LogP contribution in [0.1, 0.15) is 24.9 Å². The van der Waals surface area contributed by atoms with Gasteiger partial charge in [-0.1, -0.05) is 12.1 Å². The van der Waals surface area contributed by atoms with Crippen LogP contribution in [0.4, 0.5) is 10.1 Å². The molecule has 0 saturated carbocycles. The van der Waals surface area contributed by atoms with Crippen molar-refractivity contribution >= 4 is 17.5 Å². The molecule has 2 unspecified atom stereocenters. The zero-order valence-electron chi connectivity index (χ0n) is 15.7. The van der Waals surface area contributed by atoms with Crippen LogP contribution in [0.15, 0.2) is 42.5 Å². The molecule has 4 rings (SSSR count). The maximum absolute atomic E-state index is 13.1. The number of hydrogen-bond donors (Lipinski definition) is 0. The number of fused-ring (bicyclic) bond motifs is 1. The van der Waals surface area contributed by atoms with E-state index in [-0.39, 0.29) is 36.9 Å². The third-order valence-corrected chi connectivity index (χ3v) is 5.42. The van der Waals surface area contributed by atoms with Crippen molar-refractivity contribution in [2.24, 2.45) is 5.92 Å². The summed E-state index contributed by atoms with van der Waals surface area (Å²) in [5, 5.41) is 0. The van der Waals surface area contributed by atoms with Crippen LogP contribution in [0, 0.1) is 11.7 Å². The minimum atomic E-state index is -0.425. The number of rotatable bonds is 4. The van der Waals surface area contributed by atoms with Gasteiger partial charge in [-0.3, -0.25) is 9.59 Å². The average molecular weight is 384 g/mol. The van der Waals surface area contributed by atoms with Crippen LogP contribution in [-0.4, -0.2) is 37.1 Å². The van der Waals surface area contributed by atoms with Crippen LogP contribution in [0.3, 0.4) is 0 Å². The Morgan fingerprint density at radius 2 is 1.89 bits per heavy atom. The first-order valence-corrected chi connectivity index (χ1v) is 9.16. The SMILES string of the molecule is CC(c1ccc(F)cc1)N(C)C(=O)C1CC(=O)N(c2ccc3c(c2)OCO3)C1. The van der Waals surface area contributed by atoms with Crippen LogP contribution >= 0.6 is 0 Å². The number of amides is 2. The molecular weight excluding hydrogens is 363 g/mol. The fourth-order valence-electron chi connectivity index (χ4n) is 3.62. The van der Waals surface area contributed by atoms with E-state index in [9.17, 15) is 14.0 Å². The minimum Gasteiger partial charge on any atom is -0.454 e. The number of carbonyl (C=O) groups is 2. The molecule has 0 aromatic heterocycles. The zero-order chi connectivity index (χ0) is 19.8. The van der Waals surface area contributed by atoms with Gasteiger partial charge in [0.1, 0.15) is 5.82 Å². The van der Waals surface area contributed by atoms with Gasteiger partial charge in [-0.25, -0.2) is 4.39 Å². The number of benzene rings is 2. The van der Waals surface area contributed by atoms with Crippen molar-refractivity contribution in [3.8, 4) is 11.5 Å². The molecule has 146 valence electrons. The van der Waals surface area contributed by atoms with Gasteiger partial charge in [0.25, 0.3) is 0 Å². The molecule has 0 radical (unpaired) electrons. The number of anilines is 1. The molecule has 2 aromatic carbocycles. The van der Waals surface area contributed by atoms with E-state index in [1.54, 1.807) is 47.2 Å². The highest BCUT2D eigenvalue weighted by atomic mass is 19.1. The Labute approximate surface area is 162 Å². The predicted octanol–water partition coefficient (Wildman–Crippen LogP) is 3.13. The van der Waals surface area contributed by atoms with Crippen LogP contribution in [-0.2, 0) is 9.59 Å². The summed E-state index contributed by atoms with van der Waals surface area (Å²) in [6.45, 7) is 2.37. The van der Waals surface area contributed by atoms with Crippen molar-refractivity contribution in [3.63, 3.8) is 0 Å². The highest BCUT2D eigenvalue weighted by Crippen LogP contribution is 2.37. The molecule has 2 amide bonds. The molecule has 2 aliphatic rings. The zero-order valence-corrected chi connectivity index (χ0v) is 15.7. The fourth-order valence-corrected chi connectivity index (χ4v) is 3.62.